The Morgan fingerprint density at radius 3 is 2.33 bits per heavy atom. The summed E-state index contributed by atoms with van der Waals surface area (Å²) in [5, 5.41) is 0. The average molecular weight is 214 g/mol. The minimum atomic E-state index is 0.0563. The molecule has 0 spiro atoms. The van der Waals surface area contributed by atoms with Crippen molar-refractivity contribution in [1.29, 1.82) is 0 Å². The zero-order valence-corrected chi connectivity index (χ0v) is 10.4. The van der Waals surface area contributed by atoms with Gasteiger partial charge in [-0.25, -0.2) is 9.78 Å². The molecule has 0 aromatic heterocycles. The van der Waals surface area contributed by atoms with Gasteiger partial charge in [-0.15, -0.1) is 0 Å². The summed E-state index contributed by atoms with van der Waals surface area (Å²) >= 11 is 0. The van der Waals surface area contributed by atoms with Gasteiger partial charge in [-0.3, -0.25) is 0 Å². The minimum Gasteiger partial charge on any atom is -0.236 e. The molecule has 1 aliphatic rings. The summed E-state index contributed by atoms with van der Waals surface area (Å²) in [5.41, 5.74) is 0.0563. The minimum absolute atomic E-state index is 0.0563. The van der Waals surface area contributed by atoms with E-state index in [-0.39, 0.29) is 5.60 Å². The van der Waals surface area contributed by atoms with Crippen LogP contribution in [-0.2, 0) is 9.78 Å². The molecule has 0 atom stereocenters. The fourth-order valence-corrected chi connectivity index (χ4v) is 2.40. The van der Waals surface area contributed by atoms with E-state index in [0.717, 1.165) is 19.4 Å². The molecule has 0 radical (unpaired) electrons. The highest BCUT2D eigenvalue weighted by molar-refractivity contribution is 4.82. The van der Waals surface area contributed by atoms with E-state index in [1.165, 1.54) is 44.9 Å². The number of hydrogen-bond acceptors (Lipinski definition) is 2. The van der Waals surface area contributed by atoms with E-state index in [4.69, 9.17) is 9.78 Å². The van der Waals surface area contributed by atoms with Crippen LogP contribution in [0, 0.1) is 0 Å². The van der Waals surface area contributed by atoms with E-state index in [2.05, 4.69) is 13.8 Å². The maximum Gasteiger partial charge on any atom is 0.104 e. The maximum atomic E-state index is 5.71. The molecule has 1 saturated carbocycles. The Kier molecular flexibility index (Phi) is 6.26. The second-order valence-corrected chi connectivity index (χ2v) is 4.75. The third-order valence-corrected chi connectivity index (χ3v) is 3.29. The van der Waals surface area contributed by atoms with Gasteiger partial charge in [-0.1, -0.05) is 46.0 Å². The van der Waals surface area contributed by atoms with E-state index in [0.29, 0.717) is 0 Å². The van der Waals surface area contributed by atoms with Crippen molar-refractivity contribution in [3.63, 3.8) is 0 Å². The van der Waals surface area contributed by atoms with E-state index in [1.807, 2.05) is 0 Å². The monoisotopic (exact) mass is 214 g/mol. The Bertz CT molecular complexity index is 145. The van der Waals surface area contributed by atoms with Gasteiger partial charge in [-0.2, -0.15) is 0 Å². The molecule has 0 saturated heterocycles. The van der Waals surface area contributed by atoms with Gasteiger partial charge in [0.1, 0.15) is 5.60 Å². The molecular formula is C13H26O2. The van der Waals surface area contributed by atoms with Crippen LogP contribution < -0.4 is 0 Å². The number of hydrogen-bond donors (Lipinski definition) is 0. The Morgan fingerprint density at radius 1 is 1.00 bits per heavy atom. The van der Waals surface area contributed by atoms with Crippen LogP contribution in [0.2, 0.25) is 0 Å². The fraction of sp³-hybridized carbons (Fsp3) is 1.00. The molecule has 0 bridgehead atoms. The van der Waals surface area contributed by atoms with Crippen LogP contribution in [-0.4, -0.2) is 12.2 Å². The molecule has 2 heteroatoms. The lowest BCUT2D eigenvalue weighted by Crippen LogP contribution is -2.35. The van der Waals surface area contributed by atoms with Crippen LogP contribution in [0.1, 0.15) is 71.6 Å². The summed E-state index contributed by atoms with van der Waals surface area (Å²) < 4.78 is 0. The van der Waals surface area contributed by atoms with E-state index in [1.54, 1.807) is 0 Å². The lowest BCUT2D eigenvalue weighted by atomic mass is 9.82. The van der Waals surface area contributed by atoms with Crippen LogP contribution in [0.3, 0.4) is 0 Å². The second kappa shape index (κ2) is 7.24. The van der Waals surface area contributed by atoms with Crippen molar-refractivity contribution in [2.45, 2.75) is 77.2 Å². The largest absolute Gasteiger partial charge is 0.236 e. The van der Waals surface area contributed by atoms with Crippen molar-refractivity contribution in [1.82, 2.24) is 0 Å². The molecule has 90 valence electrons. The Morgan fingerprint density at radius 2 is 1.73 bits per heavy atom. The van der Waals surface area contributed by atoms with Gasteiger partial charge < -0.3 is 0 Å². The zero-order chi connectivity index (χ0) is 11.0. The maximum absolute atomic E-state index is 5.71. The van der Waals surface area contributed by atoms with Crippen molar-refractivity contribution in [2.75, 3.05) is 6.61 Å². The van der Waals surface area contributed by atoms with E-state index in [9.17, 15) is 0 Å². The molecule has 0 N–H and O–H groups in total. The van der Waals surface area contributed by atoms with Crippen molar-refractivity contribution < 1.29 is 9.78 Å². The first-order valence-corrected chi connectivity index (χ1v) is 6.63. The average Bonchev–Trinajstić information content (AvgIpc) is 2.26. The molecule has 1 rings (SSSR count). The molecule has 1 fully saturated rings. The van der Waals surface area contributed by atoms with Crippen LogP contribution >= 0.6 is 0 Å². The Hall–Kier alpha value is -0.0800. The first-order valence-electron chi connectivity index (χ1n) is 6.63. The van der Waals surface area contributed by atoms with Gasteiger partial charge in [0.25, 0.3) is 0 Å². The second-order valence-electron chi connectivity index (χ2n) is 4.75. The molecule has 0 unspecified atom stereocenters. The van der Waals surface area contributed by atoms with Gasteiger partial charge in [0.15, 0.2) is 0 Å². The molecule has 0 aromatic rings. The predicted octanol–water partition coefficient (Wildman–Crippen LogP) is 4.24. The normalized spacial score (nSPS) is 20.4. The fourth-order valence-electron chi connectivity index (χ4n) is 2.40. The summed E-state index contributed by atoms with van der Waals surface area (Å²) in [6, 6.07) is 0. The summed E-state index contributed by atoms with van der Waals surface area (Å²) in [6.07, 6.45) is 11.0. The molecule has 0 aromatic carbocycles. The third kappa shape index (κ3) is 4.52. The molecule has 15 heavy (non-hydrogen) atoms. The van der Waals surface area contributed by atoms with Crippen LogP contribution in [0.25, 0.3) is 0 Å². The number of unbranched alkanes of at least 4 members (excludes halogenated alkanes) is 1. The Labute approximate surface area is 94.3 Å². The van der Waals surface area contributed by atoms with Gasteiger partial charge in [0.05, 0.1) is 6.61 Å². The van der Waals surface area contributed by atoms with Gasteiger partial charge in [0.2, 0.25) is 0 Å². The van der Waals surface area contributed by atoms with Crippen LogP contribution in [0.4, 0.5) is 0 Å². The van der Waals surface area contributed by atoms with Gasteiger partial charge in [-0.05, 0) is 25.7 Å². The Balaban J connectivity index is 2.28. The first-order chi connectivity index (χ1) is 7.33. The summed E-state index contributed by atoms with van der Waals surface area (Å²) in [6.45, 7) is 5.15. The molecule has 0 heterocycles. The summed E-state index contributed by atoms with van der Waals surface area (Å²) in [5.74, 6) is 0. The smallest absolute Gasteiger partial charge is 0.104 e. The molecule has 0 aliphatic heterocycles. The highest BCUT2D eigenvalue weighted by atomic mass is 17.2. The van der Waals surface area contributed by atoms with E-state index < -0.39 is 0 Å². The standard InChI is InChI=1S/C13H26O2/c1-3-5-12-14-15-13(9-4-2)10-7-6-8-11-13/h3-12H2,1-2H3. The summed E-state index contributed by atoms with van der Waals surface area (Å²) in [4.78, 5) is 11.1. The van der Waals surface area contributed by atoms with Crippen molar-refractivity contribution in [2.24, 2.45) is 0 Å². The predicted molar refractivity (Wildman–Crippen MR) is 62.7 cm³/mol. The summed E-state index contributed by atoms with van der Waals surface area (Å²) in [7, 11) is 0. The van der Waals surface area contributed by atoms with Crippen LogP contribution in [0.5, 0.6) is 0 Å². The topological polar surface area (TPSA) is 18.5 Å². The van der Waals surface area contributed by atoms with Crippen molar-refractivity contribution in [3.8, 4) is 0 Å². The quantitative estimate of drug-likeness (QED) is 0.358. The lowest BCUT2D eigenvalue weighted by molar-refractivity contribution is -0.369. The third-order valence-electron chi connectivity index (χ3n) is 3.29. The van der Waals surface area contributed by atoms with Gasteiger partial charge in [0, 0.05) is 0 Å². The zero-order valence-electron chi connectivity index (χ0n) is 10.4. The first kappa shape index (κ1) is 13.0. The molecular weight excluding hydrogens is 188 g/mol. The molecule has 1 aliphatic carbocycles. The highest BCUT2D eigenvalue weighted by Crippen LogP contribution is 2.35. The number of rotatable bonds is 7. The SMILES string of the molecule is CCCCOOC1(CCC)CCCCC1. The molecule has 0 amide bonds. The van der Waals surface area contributed by atoms with E-state index >= 15 is 0 Å². The van der Waals surface area contributed by atoms with Crippen LogP contribution in [0.15, 0.2) is 0 Å². The van der Waals surface area contributed by atoms with Crippen molar-refractivity contribution >= 4 is 0 Å². The van der Waals surface area contributed by atoms with Crippen molar-refractivity contribution in [3.05, 3.63) is 0 Å². The molecule has 2 nitrogen and oxygen atoms in total. The lowest BCUT2D eigenvalue weighted by Gasteiger charge is -2.35. The van der Waals surface area contributed by atoms with Gasteiger partial charge >= 0.3 is 0 Å². The highest BCUT2D eigenvalue weighted by Gasteiger charge is 2.33.